The number of benzene rings is 1. The summed E-state index contributed by atoms with van der Waals surface area (Å²) in [5.41, 5.74) is 1.10. The Kier molecular flexibility index (Phi) is 3.67. The van der Waals surface area contributed by atoms with Crippen LogP contribution in [0, 0.1) is 18.3 Å². The van der Waals surface area contributed by atoms with Crippen LogP contribution in [0.1, 0.15) is 23.7 Å². The van der Waals surface area contributed by atoms with E-state index >= 15 is 0 Å². The number of phenolic OH excluding ortho intramolecular Hbond substituents is 1. The molecule has 0 radical (unpaired) electrons. The SMILES string of the molecule is Cc1ccc(C(O)C(O)CC#N)c(O)c1. The highest BCUT2D eigenvalue weighted by Gasteiger charge is 2.20. The Morgan fingerprint density at radius 2 is 2.07 bits per heavy atom. The second-order valence-corrected chi connectivity index (χ2v) is 3.44. The molecule has 2 atom stereocenters. The molecule has 15 heavy (non-hydrogen) atoms. The van der Waals surface area contributed by atoms with Crippen LogP contribution < -0.4 is 0 Å². The second-order valence-electron chi connectivity index (χ2n) is 3.44. The Morgan fingerprint density at radius 1 is 1.40 bits per heavy atom. The molecule has 0 bridgehead atoms. The third kappa shape index (κ3) is 2.69. The lowest BCUT2D eigenvalue weighted by molar-refractivity contribution is 0.0202. The number of aryl methyl sites for hydroxylation is 1. The van der Waals surface area contributed by atoms with E-state index in [1.54, 1.807) is 12.1 Å². The van der Waals surface area contributed by atoms with Gasteiger partial charge in [0.05, 0.1) is 18.6 Å². The largest absolute Gasteiger partial charge is 0.508 e. The van der Waals surface area contributed by atoms with Gasteiger partial charge in [-0.2, -0.15) is 5.26 Å². The summed E-state index contributed by atoms with van der Waals surface area (Å²) in [5, 5.41) is 36.9. The molecule has 0 aromatic heterocycles. The minimum atomic E-state index is -1.23. The quantitative estimate of drug-likeness (QED) is 0.690. The Bertz CT molecular complexity index is 384. The molecular formula is C11H13NO3. The number of phenols is 1. The molecule has 3 N–H and O–H groups in total. The van der Waals surface area contributed by atoms with Crippen LogP contribution in [0.4, 0.5) is 0 Å². The zero-order valence-corrected chi connectivity index (χ0v) is 8.38. The average molecular weight is 207 g/mol. The first kappa shape index (κ1) is 11.5. The van der Waals surface area contributed by atoms with Crippen molar-refractivity contribution >= 4 is 0 Å². The lowest BCUT2D eigenvalue weighted by Gasteiger charge is -2.16. The van der Waals surface area contributed by atoms with Crippen molar-refractivity contribution < 1.29 is 15.3 Å². The molecule has 0 amide bonds. The lowest BCUT2D eigenvalue weighted by atomic mass is 10.0. The van der Waals surface area contributed by atoms with E-state index in [4.69, 9.17) is 5.26 Å². The van der Waals surface area contributed by atoms with Crippen LogP contribution >= 0.6 is 0 Å². The van der Waals surface area contributed by atoms with E-state index in [1.807, 2.05) is 6.92 Å². The topological polar surface area (TPSA) is 84.5 Å². The molecule has 80 valence electrons. The summed E-state index contributed by atoms with van der Waals surface area (Å²) in [7, 11) is 0. The standard InChI is InChI=1S/C11H13NO3/c1-7-2-3-8(10(14)6-7)11(15)9(13)4-5-12/h2-3,6,9,11,13-15H,4H2,1H3. The minimum absolute atomic E-state index is 0.0699. The monoisotopic (exact) mass is 207 g/mol. The van der Waals surface area contributed by atoms with Crippen molar-refractivity contribution in [2.24, 2.45) is 0 Å². The van der Waals surface area contributed by atoms with Crippen LogP contribution in [0.5, 0.6) is 5.75 Å². The maximum absolute atomic E-state index is 9.63. The van der Waals surface area contributed by atoms with E-state index in [-0.39, 0.29) is 17.7 Å². The van der Waals surface area contributed by atoms with Gasteiger partial charge in [-0.25, -0.2) is 0 Å². The second kappa shape index (κ2) is 4.78. The Balaban J connectivity index is 2.91. The molecule has 1 rings (SSSR count). The number of aliphatic hydroxyl groups is 2. The summed E-state index contributed by atoms with van der Waals surface area (Å²) in [6.45, 7) is 1.81. The van der Waals surface area contributed by atoms with Crippen molar-refractivity contribution in [3.8, 4) is 11.8 Å². The molecule has 0 aliphatic carbocycles. The van der Waals surface area contributed by atoms with Crippen LogP contribution in [0.25, 0.3) is 0 Å². The molecule has 0 spiro atoms. The van der Waals surface area contributed by atoms with Gasteiger partial charge >= 0.3 is 0 Å². The van der Waals surface area contributed by atoms with Gasteiger partial charge in [-0.3, -0.25) is 0 Å². The van der Waals surface area contributed by atoms with Crippen LogP contribution in [-0.2, 0) is 0 Å². The number of aliphatic hydroxyl groups excluding tert-OH is 2. The van der Waals surface area contributed by atoms with Crippen molar-refractivity contribution in [3.63, 3.8) is 0 Å². The van der Waals surface area contributed by atoms with Gasteiger partial charge in [-0.05, 0) is 18.6 Å². The molecular weight excluding hydrogens is 194 g/mol. The first-order valence-electron chi connectivity index (χ1n) is 4.59. The lowest BCUT2D eigenvalue weighted by Crippen LogP contribution is -2.17. The summed E-state index contributed by atoms with van der Waals surface area (Å²) in [6.07, 6.45) is -2.58. The molecule has 0 saturated heterocycles. The molecule has 0 fully saturated rings. The first-order chi connectivity index (χ1) is 7.06. The van der Waals surface area contributed by atoms with E-state index in [2.05, 4.69) is 0 Å². The molecule has 4 nitrogen and oxygen atoms in total. The molecule has 0 aliphatic rings. The summed E-state index contributed by atoms with van der Waals surface area (Å²) >= 11 is 0. The molecule has 1 aromatic carbocycles. The van der Waals surface area contributed by atoms with E-state index in [9.17, 15) is 15.3 Å². The van der Waals surface area contributed by atoms with Gasteiger partial charge < -0.3 is 15.3 Å². The van der Waals surface area contributed by atoms with E-state index in [0.717, 1.165) is 5.56 Å². The van der Waals surface area contributed by atoms with Crippen molar-refractivity contribution in [1.29, 1.82) is 5.26 Å². The number of rotatable bonds is 3. The zero-order chi connectivity index (χ0) is 11.4. The third-order valence-corrected chi connectivity index (χ3v) is 2.17. The number of hydrogen-bond donors (Lipinski definition) is 3. The molecule has 4 heteroatoms. The summed E-state index contributed by atoms with van der Waals surface area (Å²) < 4.78 is 0. The maximum Gasteiger partial charge on any atom is 0.121 e. The zero-order valence-electron chi connectivity index (χ0n) is 8.38. The molecule has 0 saturated carbocycles. The van der Waals surface area contributed by atoms with Crippen molar-refractivity contribution in [2.75, 3.05) is 0 Å². The van der Waals surface area contributed by atoms with Crippen LogP contribution in [-0.4, -0.2) is 21.4 Å². The molecule has 2 unspecified atom stereocenters. The van der Waals surface area contributed by atoms with Crippen LogP contribution in [0.3, 0.4) is 0 Å². The van der Waals surface area contributed by atoms with Crippen molar-refractivity contribution in [1.82, 2.24) is 0 Å². The first-order valence-corrected chi connectivity index (χ1v) is 4.59. The van der Waals surface area contributed by atoms with Crippen LogP contribution in [0.2, 0.25) is 0 Å². The minimum Gasteiger partial charge on any atom is -0.508 e. The Hall–Kier alpha value is -1.57. The van der Waals surface area contributed by atoms with Gasteiger partial charge in [-0.15, -0.1) is 0 Å². The number of nitriles is 1. The molecule has 0 aliphatic heterocycles. The highest BCUT2D eigenvalue weighted by Crippen LogP contribution is 2.28. The highest BCUT2D eigenvalue weighted by atomic mass is 16.3. The van der Waals surface area contributed by atoms with E-state index < -0.39 is 12.2 Å². The number of nitrogens with zero attached hydrogens (tertiary/aromatic N) is 1. The van der Waals surface area contributed by atoms with Gasteiger partial charge in [0.1, 0.15) is 11.9 Å². The molecule has 1 aromatic rings. The van der Waals surface area contributed by atoms with Crippen molar-refractivity contribution in [3.05, 3.63) is 29.3 Å². The smallest absolute Gasteiger partial charge is 0.121 e. The number of aromatic hydroxyl groups is 1. The van der Waals surface area contributed by atoms with E-state index in [0.29, 0.717) is 0 Å². The predicted molar refractivity (Wildman–Crippen MR) is 54.0 cm³/mol. The van der Waals surface area contributed by atoms with Crippen LogP contribution in [0.15, 0.2) is 18.2 Å². The van der Waals surface area contributed by atoms with Crippen molar-refractivity contribution in [2.45, 2.75) is 25.6 Å². The van der Waals surface area contributed by atoms with Gasteiger partial charge in [0, 0.05) is 5.56 Å². The Labute approximate surface area is 88.0 Å². The number of hydrogen-bond acceptors (Lipinski definition) is 4. The summed E-state index contributed by atoms with van der Waals surface area (Å²) in [4.78, 5) is 0. The molecule has 0 heterocycles. The van der Waals surface area contributed by atoms with E-state index in [1.165, 1.54) is 12.1 Å². The normalized spacial score (nSPS) is 14.3. The maximum atomic E-state index is 9.63. The fourth-order valence-corrected chi connectivity index (χ4v) is 1.32. The fourth-order valence-electron chi connectivity index (χ4n) is 1.32. The summed E-state index contributed by atoms with van der Waals surface area (Å²) in [6, 6.07) is 6.51. The van der Waals surface area contributed by atoms with Gasteiger partial charge in [0.25, 0.3) is 0 Å². The Morgan fingerprint density at radius 3 is 2.60 bits per heavy atom. The average Bonchev–Trinajstić information content (AvgIpc) is 2.17. The predicted octanol–water partition coefficient (Wildman–Crippen LogP) is 1.01. The fraction of sp³-hybridized carbons (Fsp3) is 0.364. The van der Waals surface area contributed by atoms with Gasteiger partial charge in [-0.1, -0.05) is 12.1 Å². The third-order valence-electron chi connectivity index (χ3n) is 2.17. The summed E-state index contributed by atoms with van der Waals surface area (Å²) in [5.74, 6) is -0.0699. The highest BCUT2D eigenvalue weighted by molar-refractivity contribution is 5.37. The van der Waals surface area contributed by atoms with Gasteiger partial charge in [0.15, 0.2) is 0 Å². The van der Waals surface area contributed by atoms with Gasteiger partial charge in [0.2, 0.25) is 0 Å².